The number of H-pyrrole nitrogens is 1. The number of nitrogens with zero attached hydrogens (tertiary/aromatic N) is 3. The number of fused-ring (bicyclic) bond motifs is 1. The molecule has 0 spiro atoms. The zero-order valence-electron chi connectivity index (χ0n) is 15.0. The molecule has 0 fully saturated rings. The topological polar surface area (TPSA) is 82.0 Å². The van der Waals surface area contributed by atoms with Crippen LogP contribution < -0.4 is 15.0 Å². The lowest BCUT2D eigenvalue weighted by Crippen LogP contribution is -2.12. The van der Waals surface area contributed by atoms with Gasteiger partial charge in [0.2, 0.25) is 0 Å². The van der Waals surface area contributed by atoms with Gasteiger partial charge in [0, 0.05) is 24.9 Å². The predicted molar refractivity (Wildman–Crippen MR) is 102 cm³/mol. The highest BCUT2D eigenvalue weighted by Gasteiger charge is 2.11. The van der Waals surface area contributed by atoms with E-state index >= 15 is 0 Å². The molecule has 7 heteroatoms. The van der Waals surface area contributed by atoms with Gasteiger partial charge < -0.3 is 14.5 Å². The molecule has 0 radical (unpaired) electrons. The molecule has 27 heavy (non-hydrogen) atoms. The van der Waals surface area contributed by atoms with E-state index in [2.05, 4.69) is 15.1 Å². The molecule has 4 aromatic rings. The van der Waals surface area contributed by atoms with Crippen LogP contribution in [0.25, 0.3) is 16.6 Å². The molecule has 0 aliphatic carbocycles. The molecule has 0 bridgehead atoms. The van der Waals surface area contributed by atoms with Crippen molar-refractivity contribution in [2.75, 3.05) is 14.2 Å². The fourth-order valence-electron chi connectivity index (χ4n) is 3.02. The first-order valence-corrected chi connectivity index (χ1v) is 8.42. The van der Waals surface area contributed by atoms with Crippen LogP contribution in [0.5, 0.6) is 11.5 Å². The predicted octanol–water partition coefficient (Wildman–Crippen LogP) is 2.72. The fourth-order valence-corrected chi connectivity index (χ4v) is 3.02. The van der Waals surface area contributed by atoms with E-state index in [1.54, 1.807) is 30.1 Å². The maximum absolute atomic E-state index is 12.5. The molecule has 2 aromatic heterocycles. The number of methoxy groups -OCH3 is 2. The Bertz CT molecular complexity index is 1150. The van der Waals surface area contributed by atoms with E-state index in [0.717, 1.165) is 11.3 Å². The Morgan fingerprint density at radius 3 is 2.63 bits per heavy atom. The van der Waals surface area contributed by atoms with Crippen LogP contribution in [0.15, 0.2) is 59.7 Å². The van der Waals surface area contributed by atoms with Crippen molar-refractivity contribution in [3.05, 3.63) is 76.6 Å². The van der Waals surface area contributed by atoms with Crippen molar-refractivity contribution in [1.29, 1.82) is 0 Å². The highest BCUT2D eigenvalue weighted by Crippen LogP contribution is 2.30. The van der Waals surface area contributed by atoms with Crippen LogP contribution in [0.3, 0.4) is 0 Å². The van der Waals surface area contributed by atoms with Gasteiger partial charge in [-0.1, -0.05) is 12.1 Å². The van der Waals surface area contributed by atoms with Crippen molar-refractivity contribution >= 4 is 10.9 Å². The monoisotopic (exact) mass is 362 g/mol. The van der Waals surface area contributed by atoms with Crippen LogP contribution in [-0.4, -0.2) is 34.0 Å². The van der Waals surface area contributed by atoms with Gasteiger partial charge in [-0.05, 0) is 29.8 Å². The second-order valence-corrected chi connectivity index (χ2v) is 6.03. The zero-order chi connectivity index (χ0) is 18.8. The summed E-state index contributed by atoms with van der Waals surface area (Å²) in [7, 11) is 3.09. The molecule has 2 heterocycles. The summed E-state index contributed by atoms with van der Waals surface area (Å²) < 4.78 is 12.4. The van der Waals surface area contributed by atoms with E-state index in [0.29, 0.717) is 34.6 Å². The van der Waals surface area contributed by atoms with Crippen LogP contribution in [0.4, 0.5) is 0 Å². The van der Waals surface area contributed by atoms with Crippen molar-refractivity contribution in [1.82, 2.24) is 19.7 Å². The average molecular weight is 362 g/mol. The third-order valence-corrected chi connectivity index (χ3v) is 4.31. The van der Waals surface area contributed by atoms with Crippen LogP contribution in [0.2, 0.25) is 0 Å². The molecule has 4 rings (SSSR count). The van der Waals surface area contributed by atoms with Crippen molar-refractivity contribution in [2.24, 2.45) is 0 Å². The van der Waals surface area contributed by atoms with Crippen molar-refractivity contribution in [3.8, 4) is 17.2 Å². The first kappa shape index (κ1) is 16.8. The minimum absolute atomic E-state index is 0.209. The first-order chi connectivity index (χ1) is 13.2. The third kappa shape index (κ3) is 3.27. The lowest BCUT2D eigenvalue weighted by molar-refractivity contribution is 0.355. The van der Waals surface area contributed by atoms with Gasteiger partial charge in [0.05, 0.1) is 30.8 Å². The van der Waals surface area contributed by atoms with Gasteiger partial charge in [-0.2, -0.15) is 5.10 Å². The van der Waals surface area contributed by atoms with E-state index in [4.69, 9.17) is 9.47 Å². The number of aromatic nitrogens is 4. The van der Waals surface area contributed by atoms with Gasteiger partial charge >= 0.3 is 0 Å². The van der Waals surface area contributed by atoms with Gasteiger partial charge in [0.15, 0.2) is 11.5 Å². The van der Waals surface area contributed by atoms with E-state index in [-0.39, 0.29) is 5.56 Å². The lowest BCUT2D eigenvalue weighted by atomic mass is 10.1. The Balaban J connectivity index is 1.72. The summed E-state index contributed by atoms with van der Waals surface area (Å²) in [6, 6.07) is 13.2. The van der Waals surface area contributed by atoms with Gasteiger partial charge in [-0.3, -0.25) is 4.79 Å². The van der Waals surface area contributed by atoms with Gasteiger partial charge in [0.25, 0.3) is 5.56 Å². The second kappa shape index (κ2) is 6.95. The number of hydrogen-bond donors (Lipinski definition) is 1. The molecule has 7 nitrogen and oxygen atoms in total. The molecule has 0 atom stereocenters. The van der Waals surface area contributed by atoms with E-state index in [1.807, 2.05) is 36.5 Å². The summed E-state index contributed by atoms with van der Waals surface area (Å²) in [6.45, 7) is 0. The summed E-state index contributed by atoms with van der Waals surface area (Å²) in [5.74, 6) is 1.61. The Morgan fingerprint density at radius 1 is 1.07 bits per heavy atom. The van der Waals surface area contributed by atoms with Gasteiger partial charge in [-0.25, -0.2) is 9.67 Å². The number of benzene rings is 2. The number of ether oxygens (including phenoxy) is 2. The molecule has 1 N–H and O–H groups in total. The molecule has 0 saturated carbocycles. The maximum atomic E-state index is 12.5. The fraction of sp³-hybridized carbons (Fsp3) is 0.150. The summed E-state index contributed by atoms with van der Waals surface area (Å²) in [6.07, 6.45) is 4.11. The smallest absolute Gasteiger partial charge is 0.258 e. The summed E-state index contributed by atoms with van der Waals surface area (Å²) in [5, 5.41) is 4.70. The molecule has 0 aliphatic rings. The Hall–Kier alpha value is -3.61. The van der Waals surface area contributed by atoms with Crippen molar-refractivity contribution < 1.29 is 9.47 Å². The number of nitrogens with one attached hydrogen (secondary N) is 1. The van der Waals surface area contributed by atoms with Crippen LogP contribution in [0.1, 0.15) is 11.4 Å². The third-order valence-electron chi connectivity index (χ3n) is 4.31. The van der Waals surface area contributed by atoms with Crippen molar-refractivity contribution in [3.63, 3.8) is 0 Å². The first-order valence-electron chi connectivity index (χ1n) is 8.42. The SMILES string of the molecule is COc1cc2nc(Cc3cccc(-n4cccn4)c3)[nH]c(=O)c2cc1OC. The highest BCUT2D eigenvalue weighted by atomic mass is 16.5. The van der Waals surface area contributed by atoms with Gasteiger partial charge in [-0.15, -0.1) is 0 Å². The van der Waals surface area contributed by atoms with E-state index in [9.17, 15) is 4.79 Å². The Kier molecular flexibility index (Phi) is 4.33. The standard InChI is InChI=1S/C20H18N4O3/c1-26-17-11-15-16(12-18(17)27-2)22-19(23-20(15)25)10-13-5-3-6-14(9-13)24-8-4-7-21-24/h3-9,11-12H,10H2,1-2H3,(H,22,23,25). The minimum atomic E-state index is -0.209. The molecule has 0 saturated heterocycles. The number of aromatic amines is 1. The van der Waals surface area contributed by atoms with E-state index < -0.39 is 0 Å². The van der Waals surface area contributed by atoms with Crippen LogP contribution in [-0.2, 0) is 6.42 Å². The van der Waals surface area contributed by atoms with Crippen LogP contribution >= 0.6 is 0 Å². The Morgan fingerprint density at radius 2 is 1.89 bits per heavy atom. The summed E-state index contributed by atoms with van der Waals surface area (Å²) in [4.78, 5) is 20.0. The molecular weight excluding hydrogens is 344 g/mol. The molecule has 136 valence electrons. The number of rotatable bonds is 5. The second-order valence-electron chi connectivity index (χ2n) is 6.03. The molecule has 0 aliphatic heterocycles. The normalized spacial score (nSPS) is 10.9. The van der Waals surface area contributed by atoms with E-state index in [1.165, 1.54) is 7.11 Å². The lowest BCUT2D eigenvalue weighted by Gasteiger charge is -2.10. The summed E-state index contributed by atoms with van der Waals surface area (Å²) >= 11 is 0. The van der Waals surface area contributed by atoms with Crippen molar-refractivity contribution in [2.45, 2.75) is 6.42 Å². The zero-order valence-corrected chi connectivity index (χ0v) is 15.0. The average Bonchev–Trinajstić information content (AvgIpc) is 3.22. The molecule has 2 aromatic carbocycles. The molecule has 0 amide bonds. The summed E-state index contributed by atoms with van der Waals surface area (Å²) in [5.41, 5.74) is 2.33. The number of hydrogen-bond acceptors (Lipinski definition) is 5. The van der Waals surface area contributed by atoms with Gasteiger partial charge in [0.1, 0.15) is 5.82 Å². The highest BCUT2D eigenvalue weighted by molar-refractivity contribution is 5.81. The molecular formula is C20H18N4O3. The Labute approximate surface area is 155 Å². The quantitative estimate of drug-likeness (QED) is 0.590. The maximum Gasteiger partial charge on any atom is 0.258 e. The minimum Gasteiger partial charge on any atom is -0.493 e. The largest absolute Gasteiger partial charge is 0.493 e. The van der Waals surface area contributed by atoms with Crippen LogP contribution in [0, 0.1) is 0 Å². The molecule has 0 unspecified atom stereocenters.